The Bertz CT molecular complexity index is 637. The van der Waals surface area contributed by atoms with Gasteiger partial charge >= 0.3 is 6.03 Å². The molecule has 1 saturated heterocycles. The van der Waals surface area contributed by atoms with Crippen molar-refractivity contribution in [3.63, 3.8) is 0 Å². The summed E-state index contributed by atoms with van der Waals surface area (Å²) in [7, 11) is 1.72. The number of hydrogen-bond acceptors (Lipinski definition) is 4. The molecule has 1 fully saturated rings. The number of nitrogens with one attached hydrogen (secondary N) is 3. The van der Waals surface area contributed by atoms with Gasteiger partial charge < -0.3 is 16.0 Å². The predicted octanol–water partition coefficient (Wildman–Crippen LogP) is 2.70. The predicted molar refractivity (Wildman–Crippen MR) is 116 cm³/mol. The molecule has 0 spiro atoms. The Kier molecular flexibility index (Phi) is 8.81. The molecule has 7 nitrogen and oxygen atoms in total. The number of aliphatic imine (C=N–C) groups is 1. The van der Waals surface area contributed by atoms with E-state index in [4.69, 9.17) is 0 Å². The summed E-state index contributed by atoms with van der Waals surface area (Å²) in [4.78, 5) is 31.0. The van der Waals surface area contributed by atoms with Gasteiger partial charge in [0.15, 0.2) is 5.96 Å². The number of carbonyl (C=O) groups excluding carboxylic acids is 2. The summed E-state index contributed by atoms with van der Waals surface area (Å²) in [5, 5.41) is 11.4. The summed E-state index contributed by atoms with van der Waals surface area (Å²) in [6.45, 7) is 6.76. The van der Waals surface area contributed by atoms with Gasteiger partial charge in [0, 0.05) is 25.0 Å². The van der Waals surface area contributed by atoms with Crippen molar-refractivity contribution in [1.82, 2.24) is 20.9 Å². The van der Waals surface area contributed by atoms with Crippen LogP contribution >= 0.6 is 35.3 Å². The van der Waals surface area contributed by atoms with E-state index in [0.29, 0.717) is 31.9 Å². The lowest BCUT2D eigenvalue weighted by molar-refractivity contribution is -0.130. The topological polar surface area (TPSA) is 85.8 Å². The van der Waals surface area contributed by atoms with Gasteiger partial charge in [-0.1, -0.05) is 13.0 Å². The average molecular weight is 493 g/mol. The fourth-order valence-electron chi connectivity index (χ4n) is 2.64. The van der Waals surface area contributed by atoms with E-state index in [1.165, 1.54) is 9.78 Å². The molecule has 0 aromatic carbocycles. The smallest absolute Gasteiger partial charge is 0.325 e. The molecule has 2 heterocycles. The van der Waals surface area contributed by atoms with Crippen LogP contribution in [0.1, 0.15) is 44.5 Å². The number of halogens is 1. The monoisotopic (exact) mass is 493 g/mol. The largest absolute Gasteiger partial charge is 0.356 e. The van der Waals surface area contributed by atoms with Gasteiger partial charge in [0.1, 0.15) is 5.54 Å². The maximum atomic E-state index is 12.3. The summed E-state index contributed by atoms with van der Waals surface area (Å²) in [6, 6.07) is 3.97. The van der Waals surface area contributed by atoms with Gasteiger partial charge in [-0.2, -0.15) is 0 Å². The second-order valence-electron chi connectivity index (χ2n) is 6.31. The number of thiophene rings is 1. The van der Waals surface area contributed by atoms with E-state index in [9.17, 15) is 9.59 Å². The van der Waals surface area contributed by atoms with E-state index in [2.05, 4.69) is 33.9 Å². The molecular formula is C17H28IN5O2S. The highest BCUT2D eigenvalue weighted by Crippen LogP contribution is 2.20. The van der Waals surface area contributed by atoms with Crippen LogP contribution in [0.15, 0.2) is 22.5 Å². The van der Waals surface area contributed by atoms with Crippen molar-refractivity contribution in [2.24, 2.45) is 4.99 Å². The van der Waals surface area contributed by atoms with Crippen molar-refractivity contribution in [3.8, 4) is 0 Å². The van der Waals surface area contributed by atoms with E-state index in [-0.39, 0.29) is 42.0 Å². The molecule has 0 bridgehead atoms. The third kappa shape index (κ3) is 5.32. The third-order valence-electron chi connectivity index (χ3n) is 4.45. The van der Waals surface area contributed by atoms with Crippen LogP contribution in [-0.2, 0) is 4.79 Å². The summed E-state index contributed by atoms with van der Waals surface area (Å²) in [5.41, 5.74) is -0.766. The lowest BCUT2D eigenvalue weighted by Gasteiger charge is -2.20. The van der Waals surface area contributed by atoms with Crippen molar-refractivity contribution < 1.29 is 9.59 Å². The summed E-state index contributed by atoms with van der Waals surface area (Å²) in [5.74, 6) is 0.560. The van der Waals surface area contributed by atoms with Crippen molar-refractivity contribution in [3.05, 3.63) is 22.4 Å². The first-order valence-electron chi connectivity index (χ1n) is 8.56. The number of nitrogens with zero attached hydrogens (tertiary/aromatic N) is 2. The molecule has 3 N–H and O–H groups in total. The third-order valence-corrected chi connectivity index (χ3v) is 5.51. The number of amides is 3. The first-order chi connectivity index (χ1) is 11.9. The van der Waals surface area contributed by atoms with Crippen LogP contribution in [-0.4, -0.2) is 48.5 Å². The van der Waals surface area contributed by atoms with Crippen molar-refractivity contribution >= 4 is 53.2 Å². The van der Waals surface area contributed by atoms with Gasteiger partial charge in [-0.25, -0.2) is 4.79 Å². The molecule has 1 aliphatic heterocycles. The van der Waals surface area contributed by atoms with Crippen LogP contribution in [0.5, 0.6) is 0 Å². The molecule has 26 heavy (non-hydrogen) atoms. The van der Waals surface area contributed by atoms with Crippen LogP contribution in [0, 0.1) is 0 Å². The Morgan fingerprint density at radius 1 is 1.46 bits per heavy atom. The van der Waals surface area contributed by atoms with Crippen molar-refractivity contribution in [2.45, 2.75) is 45.2 Å². The molecule has 1 aliphatic rings. The molecule has 2 unspecified atom stereocenters. The van der Waals surface area contributed by atoms with Gasteiger partial charge in [0.05, 0.1) is 6.04 Å². The fraction of sp³-hybridized carbons (Fsp3) is 0.588. The van der Waals surface area contributed by atoms with Gasteiger partial charge in [0.25, 0.3) is 5.91 Å². The van der Waals surface area contributed by atoms with Gasteiger partial charge in [-0.05, 0) is 38.1 Å². The minimum atomic E-state index is -0.766. The quantitative estimate of drug-likeness (QED) is 0.179. The first kappa shape index (κ1) is 22.7. The number of rotatable bonds is 7. The normalized spacial score (nSPS) is 21.2. The number of imide groups is 1. The maximum absolute atomic E-state index is 12.3. The Hall–Kier alpha value is -1.36. The zero-order chi connectivity index (χ0) is 18.4. The molecule has 0 radical (unpaired) electrons. The zero-order valence-electron chi connectivity index (χ0n) is 15.7. The summed E-state index contributed by atoms with van der Waals surface area (Å²) in [6.07, 6.45) is 1.25. The molecular weight excluding hydrogens is 465 g/mol. The minimum absolute atomic E-state index is 0. The lowest BCUT2D eigenvalue weighted by Crippen LogP contribution is -2.43. The molecule has 1 aromatic heterocycles. The van der Waals surface area contributed by atoms with Crippen LogP contribution < -0.4 is 16.0 Å². The molecule has 1 aromatic rings. The van der Waals surface area contributed by atoms with E-state index < -0.39 is 5.54 Å². The van der Waals surface area contributed by atoms with E-state index >= 15 is 0 Å². The van der Waals surface area contributed by atoms with Crippen LogP contribution in [0.4, 0.5) is 4.79 Å². The number of carbonyl (C=O) groups is 2. The Labute approximate surface area is 176 Å². The second kappa shape index (κ2) is 10.1. The minimum Gasteiger partial charge on any atom is -0.356 e. The maximum Gasteiger partial charge on any atom is 0.325 e. The van der Waals surface area contributed by atoms with Gasteiger partial charge in [-0.15, -0.1) is 35.3 Å². The fourth-order valence-corrected chi connectivity index (χ4v) is 3.38. The van der Waals surface area contributed by atoms with Crippen LogP contribution in [0.25, 0.3) is 0 Å². The Morgan fingerprint density at radius 2 is 2.19 bits per heavy atom. The standard InChI is InChI=1S/C17H27N5O2S.HI/c1-5-17(3)14(23)22(16(24)21-17)10-7-9-19-15(18-4)20-12(2)13-8-6-11-25-13;/h6,8,11-12H,5,7,9-10H2,1-4H3,(H,21,24)(H2,18,19,20);1H. The molecule has 0 aliphatic carbocycles. The first-order valence-corrected chi connectivity index (χ1v) is 9.44. The number of guanidine groups is 1. The summed E-state index contributed by atoms with van der Waals surface area (Å²) < 4.78 is 0. The average Bonchev–Trinajstić information content (AvgIpc) is 3.20. The van der Waals surface area contributed by atoms with Crippen molar-refractivity contribution in [1.29, 1.82) is 0 Å². The second-order valence-corrected chi connectivity index (χ2v) is 7.29. The molecule has 146 valence electrons. The van der Waals surface area contributed by atoms with Crippen LogP contribution in [0.2, 0.25) is 0 Å². The van der Waals surface area contributed by atoms with E-state index in [1.54, 1.807) is 25.3 Å². The molecule has 3 amide bonds. The highest BCUT2D eigenvalue weighted by molar-refractivity contribution is 14.0. The Morgan fingerprint density at radius 3 is 2.73 bits per heavy atom. The highest BCUT2D eigenvalue weighted by Gasteiger charge is 2.45. The molecule has 2 rings (SSSR count). The SMILES string of the molecule is CCC1(C)NC(=O)N(CCCNC(=NC)NC(C)c2cccs2)C1=O.I. The summed E-state index contributed by atoms with van der Waals surface area (Å²) >= 11 is 1.70. The highest BCUT2D eigenvalue weighted by atomic mass is 127. The molecule has 2 atom stereocenters. The van der Waals surface area contributed by atoms with Gasteiger partial charge in [0.2, 0.25) is 0 Å². The van der Waals surface area contributed by atoms with E-state index in [0.717, 1.165) is 0 Å². The van der Waals surface area contributed by atoms with Crippen LogP contribution in [0.3, 0.4) is 0 Å². The van der Waals surface area contributed by atoms with Gasteiger partial charge in [-0.3, -0.25) is 14.7 Å². The molecule has 0 saturated carbocycles. The number of urea groups is 1. The zero-order valence-corrected chi connectivity index (χ0v) is 18.8. The van der Waals surface area contributed by atoms with Crippen molar-refractivity contribution in [2.75, 3.05) is 20.1 Å². The molecule has 9 heteroatoms. The van der Waals surface area contributed by atoms with E-state index in [1.807, 2.05) is 18.4 Å². The lowest BCUT2D eigenvalue weighted by atomic mass is 9.99. The Balaban J connectivity index is 0.00000338. The number of hydrogen-bond donors (Lipinski definition) is 3.